The lowest BCUT2D eigenvalue weighted by molar-refractivity contribution is 0.604. The van der Waals surface area contributed by atoms with E-state index in [0.717, 1.165) is 22.3 Å². The van der Waals surface area contributed by atoms with E-state index in [9.17, 15) is 4.79 Å². The van der Waals surface area contributed by atoms with Gasteiger partial charge in [-0.15, -0.1) is 0 Å². The smallest absolute Gasteiger partial charge is 0.256 e. The molecule has 1 atom stereocenters. The third kappa shape index (κ3) is 4.45. The number of aromatic nitrogens is 5. The average molecular weight is 457 g/mol. The van der Waals surface area contributed by atoms with Gasteiger partial charge in [0.1, 0.15) is 0 Å². The minimum absolute atomic E-state index is 0. The van der Waals surface area contributed by atoms with Crippen LogP contribution in [0.5, 0.6) is 0 Å². The summed E-state index contributed by atoms with van der Waals surface area (Å²) in [6, 6.07) is 9.19. The standard InChI is InChI=1S/C22H23ClN6O.H2S/c1-13(2)29-12-24-11-20(29)18-7-8-25-22(27-18)26-14(3)17-10-15-9-16(23)5-6-19(15)28(4)21(17)30;/h5-14H,1-4H3,(H,25,26,27);1H2/t14-;/m0./s1. The monoisotopic (exact) mass is 456 g/mol. The highest BCUT2D eigenvalue weighted by atomic mass is 35.5. The third-order valence-corrected chi connectivity index (χ3v) is 5.40. The highest BCUT2D eigenvalue weighted by Gasteiger charge is 2.16. The van der Waals surface area contributed by atoms with Crippen LogP contribution in [0.3, 0.4) is 0 Å². The first kappa shape index (κ1) is 22.8. The van der Waals surface area contributed by atoms with E-state index in [1.54, 1.807) is 36.4 Å². The van der Waals surface area contributed by atoms with Gasteiger partial charge in [0.25, 0.3) is 5.56 Å². The van der Waals surface area contributed by atoms with Gasteiger partial charge >= 0.3 is 0 Å². The van der Waals surface area contributed by atoms with Crippen molar-refractivity contribution in [3.63, 3.8) is 0 Å². The maximum Gasteiger partial charge on any atom is 0.256 e. The summed E-state index contributed by atoms with van der Waals surface area (Å²) < 4.78 is 3.69. The zero-order valence-corrected chi connectivity index (χ0v) is 19.6. The number of halogens is 1. The van der Waals surface area contributed by atoms with Crippen LogP contribution in [-0.4, -0.2) is 24.1 Å². The number of nitrogens with zero attached hydrogens (tertiary/aromatic N) is 5. The fourth-order valence-electron chi connectivity index (χ4n) is 3.55. The molecule has 0 spiro atoms. The number of nitrogens with one attached hydrogen (secondary N) is 1. The van der Waals surface area contributed by atoms with Crippen LogP contribution in [0.15, 0.2) is 53.8 Å². The molecule has 0 saturated carbocycles. The van der Waals surface area contributed by atoms with Crippen LogP contribution in [0, 0.1) is 0 Å². The normalized spacial score (nSPS) is 12.1. The van der Waals surface area contributed by atoms with Crippen LogP contribution >= 0.6 is 25.1 Å². The van der Waals surface area contributed by atoms with Crippen LogP contribution in [0.4, 0.5) is 5.95 Å². The van der Waals surface area contributed by atoms with Crippen molar-refractivity contribution in [1.82, 2.24) is 24.1 Å². The fraction of sp³-hybridized carbons (Fsp3) is 0.273. The van der Waals surface area contributed by atoms with Crippen LogP contribution in [-0.2, 0) is 7.05 Å². The Morgan fingerprint density at radius 2 is 1.90 bits per heavy atom. The van der Waals surface area contributed by atoms with Crippen molar-refractivity contribution in [2.24, 2.45) is 7.05 Å². The Kier molecular flexibility index (Phi) is 6.71. The number of hydrogen-bond acceptors (Lipinski definition) is 5. The van der Waals surface area contributed by atoms with E-state index < -0.39 is 0 Å². The lowest BCUT2D eigenvalue weighted by Crippen LogP contribution is -2.25. The van der Waals surface area contributed by atoms with E-state index in [0.29, 0.717) is 16.5 Å². The minimum Gasteiger partial charge on any atom is -0.347 e. The number of anilines is 1. The van der Waals surface area contributed by atoms with Crippen LogP contribution in [0.2, 0.25) is 5.02 Å². The molecule has 0 fully saturated rings. The molecule has 9 heteroatoms. The molecular formula is C22H25ClN6OS. The molecule has 0 aliphatic heterocycles. The van der Waals surface area contributed by atoms with E-state index in [-0.39, 0.29) is 31.1 Å². The maximum absolute atomic E-state index is 12.9. The molecule has 0 amide bonds. The molecule has 0 aliphatic rings. The van der Waals surface area contributed by atoms with Crippen molar-refractivity contribution in [2.75, 3.05) is 5.32 Å². The van der Waals surface area contributed by atoms with E-state index in [1.807, 2.05) is 31.2 Å². The molecule has 3 aromatic heterocycles. The van der Waals surface area contributed by atoms with E-state index >= 15 is 0 Å². The molecule has 3 heterocycles. The van der Waals surface area contributed by atoms with Crippen molar-refractivity contribution < 1.29 is 0 Å². The number of fused-ring (bicyclic) bond motifs is 1. The number of hydrogen-bond donors (Lipinski definition) is 1. The number of imidazole rings is 1. The second-order valence-corrected chi connectivity index (χ2v) is 8.01. The van der Waals surface area contributed by atoms with Crippen molar-refractivity contribution >= 4 is 41.9 Å². The van der Waals surface area contributed by atoms with Crippen molar-refractivity contribution in [3.8, 4) is 11.4 Å². The predicted octanol–water partition coefficient (Wildman–Crippen LogP) is 4.71. The summed E-state index contributed by atoms with van der Waals surface area (Å²) in [4.78, 5) is 26.1. The molecule has 1 N–H and O–H groups in total. The van der Waals surface area contributed by atoms with Crippen LogP contribution < -0.4 is 10.9 Å². The van der Waals surface area contributed by atoms with Gasteiger partial charge in [0.2, 0.25) is 5.95 Å². The lowest BCUT2D eigenvalue weighted by Gasteiger charge is -2.17. The highest BCUT2D eigenvalue weighted by Crippen LogP contribution is 2.24. The van der Waals surface area contributed by atoms with Crippen molar-refractivity contribution in [3.05, 3.63) is 70.0 Å². The van der Waals surface area contributed by atoms with Gasteiger partial charge in [-0.3, -0.25) is 4.79 Å². The molecule has 0 unspecified atom stereocenters. The average Bonchev–Trinajstić information content (AvgIpc) is 3.21. The van der Waals surface area contributed by atoms with Crippen molar-refractivity contribution in [1.29, 1.82) is 0 Å². The molecule has 0 radical (unpaired) electrons. The Hall–Kier alpha value is -2.84. The second kappa shape index (κ2) is 9.11. The topological polar surface area (TPSA) is 77.6 Å². The molecule has 0 bridgehead atoms. The Balaban J connectivity index is 0.00000272. The first-order valence-corrected chi connectivity index (χ1v) is 10.1. The summed E-state index contributed by atoms with van der Waals surface area (Å²) in [7, 11) is 1.76. The molecule has 0 aliphatic carbocycles. The molecule has 31 heavy (non-hydrogen) atoms. The Labute approximate surface area is 192 Å². The number of aryl methyl sites for hydroxylation is 1. The molecular weight excluding hydrogens is 432 g/mol. The molecule has 4 aromatic rings. The van der Waals surface area contributed by atoms with Gasteiger partial charge < -0.3 is 14.5 Å². The fourth-order valence-corrected chi connectivity index (χ4v) is 3.73. The Bertz CT molecular complexity index is 1280. The van der Waals surface area contributed by atoms with E-state index in [1.165, 1.54) is 0 Å². The minimum atomic E-state index is -0.294. The largest absolute Gasteiger partial charge is 0.347 e. The number of rotatable bonds is 5. The van der Waals surface area contributed by atoms with E-state index in [4.69, 9.17) is 11.6 Å². The first-order valence-electron chi connectivity index (χ1n) is 9.76. The lowest BCUT2D eigenvalue weighted by atomic mass is 10.1. The van der Waals surface area contributed by atoms with E-state index in [2.05, 4.69) is 38.7 Å². The summed E-state index contributed by atoms with van der Waals surface area (Å²) in [6.07, 6.45) is 5.29. The molecule has 7 nitrogen and oxygen atoms in total. The van der Waals surface area contributed by atoms with Crippen LogP contribution in [0.25, 0.3) is 22.3 Å². The Morgan fingerprint density at radius 1 is 1.13 bits per heavy atom. The van der Waals surface area contributed by atoms with Gasteiger partial charge in [0.15, 0.2) is 0 Å². The van der Waals surface area contributed by atoms with Gasteiger partial charge in [0.05, 0.1) is 35.5 Å². The number of pyridine rings is 1. The Morgan fingerprint density at radius 3 is 2.65 bits per heavy atom. The molecule has 4 rings (SSSR count). The predicted molar refractivity (Wildman–Crippen MR) is 130 cm³/mol. The van der Waals surface area contributed by atoms with Gasteiger partial charge in [-0.05, 0) is 51.1 Å². The molecule has 162 valence electrons. The second-order valence-electron chi connectivity index (χ2n) is 7.58. The maximum atomic E-state index is 12.9. The van der Waals surface area contributed by atoms with Gasteiger partial charge in [-0.25, -0.2) is 15.0 Å². The number of benzene rings is 1. The zero-order valence-electron chi connectivity index (χ0n) is 17.8. The summed E-state index contributed by atoms with van der Waals surface area (Å²) in [5.74, 6) is 0.449. The van der Waals surface area contributed by atoms with Gasteiger partial charge in [-0.2, -0.15) is 13.5 Å². The van der Waals surface area contributed by atoms with Crippen LogP contribution in [0.1, 0.15) is 38.4 Å². The highest BCUT2D eigenvalue weighted by molar-refractivity contribution is 7.59. The third-order valence-electron chi connectivity index (χ3n) is 5.17. The summed E-state index contributed by atoms with van der Waals surface area (Å²) in [5, 5.41) is 4.79. The van der Waals surface area contributed by atoms with Gasteiger partial charge in [-0.1, -0.05) is 11.6 Å². The van der Waals surface area contributed by atoms with Crippen molar-refractivity contribution in [2.45, 2.75) is 32.9 Å². The molecule has 1 aromatic carbocycles. The quantitative estimate of drug-likeness (QED) is 0.470. The summed E-state index contributed by atoms with van der Waals surface area (Å²) >= 11 is 6.14. The SMILES string of the molecule is CC(C)n1cncc1-c1ccnc(N[C@@H](C)c2cc3cc(Cl)ccc3n(C)c2=O)n1.S. The zero-order chi connectivity index (χ0) is 21.4. The first-order chi connectivity index (χ1) is 14.3. The summed E-state index contributed by atoms with van der Waals surface area (Å²) in [5.41, 5.74) is 3.07. The van der Waals surface area contributed by atoms with Gasteiger partial charge in [0, 0.05) is 35.3 Å². The summed E-state index contributed by atoms with van der Waals surface area (Å²) in [6.45, 7) is 6.10. The molecule has 0 saturated heterocycles.